The highest BCUT2D eigenvalue weighted by Crippen LogP contribution is 2.21. The van der Waals surface area contributed by atoms with Crippen LogP contribution in [0.4, 0.5) is 0 Å². The Hall–Kier alpha value is -1.64. The van der Waals surface area contributed by atoms with Crippen molar-refractivity contribution < 1.29 is 23.1 Å². The minimum atomic E-state index is -4.05. The Kier molecular flexibility index (Phi) is 4.28. The topological polar surface area (TPSA) is 127 Å². The normalized spacial score (nSPS) is 11.0. The molecule has 0 atom stereocenters. The van der Waals surface area contributed by atoms with Crippen molar-refractivity contribution in [3.63, 3.8) is 0 Å². The van der Waals surface area contributed by atoms with Crippen LogP contribution < -0.4 is 10.5 Å². The highest BCUT2D eigenvalue weighted by Gasteiger charge is 2.16. The molecule has 1 aromatic carbocycles. The second-order valence-electron chi connectivity index (χ2n) is 3.27. The number of benzene rings is 1. The first kappa shape index (κ1) is 14.4. The zero-order valence-corrected chi connectivity index (χ0v) is 10.5. The number of sulfonamides is 1. The molecule has 7 nitrogen and oxygen atoms in total. The maximum absolute atomic E-state index is 11.5. The van der Waals surface area contributed by atoms with Crippen molar-refractivity contribution in [1.82, 2.24) is 5.32 Å². The molecule has 9 heteroatoms. The molecule has 0 aliphatic carbocycles. The Bertz CT molecular complexity index is 599. The summed E-state index contributed by atoms with van der Waals surface area (Å²) < 4.78 is 22.3. The van der Waals surface area contributed by atoms with Crippen molar-refractivity contribution in [2.24, 2.45) is 5.14 Å². The van der Waals surface area contributed by atoms with Gasteiger partial charge >= 0.3 is 5.97 Å². The lowest BCUT2D eigenvalue weighted by Crippen LogP contribution is -2.29. The summed E-state index contributed by atoms with van der Waals surface area (Å²) in [4.78, 5) is 21.4. The largest absolute Gasteiger partial charge is 0.480 e. The Morgan fingerprint density at radius 3 is 2.50 bits per heavy atom. The van der Waals surface area contributed by atoms with E-state index in [1.54, 1.807) is 0 Å². The van der Waals surface area contributed by atoms with E-state index in [-0.39, 0.29) is 10.6 Å². The number of nitrogens with one attached hydrogen (secondary N) is 1. The Balaban J connectivity index is 3.06. The average molecular weight is 293 g/mol. The third-order valence-electron chi connectivity index (χ3n) is 1.90. The van der Waals surface area contributed by atoms with Crippen LogP contribution in [0.15, 0.2) is 23.1 Å². The fourth-order valence-corrected chi connectivity index (χ4v) is 2.19. The average Bonchev–Trinajstić information content (AvgIpc) is 2.24. The summed E-state index contributed by atoms with van der Waals surface area (Å²) in [7, 11) is -4.05. The fourth-order valence-electron chi connectivity index (χ4n) is 1.12. The smallest absolute Gasteiger partial charge is 0.322 e. The maximum Gasteiger partial charge on any atom is 0.322 e. The quantitative estimate of drug-likeness (QED) is 0.708. The number of rotatable bonds is 4. The van der Waals surface area contributed by atoms with E-state index in [4.69, 9.17) is 21.8 Å². The van der Waals surface area contributed by atoms with Crippen LogP contribution >= 0.6 is 11.6 Å². The van der Waals surface area contributed by atoms with E-state index in [0.29, 0.717) is 0 Å². The summed E-state index contributed by atoms with van der Waals surface area (Å²) >= 11 is 5.63. The predicted molar refractivity (Wildman–Crippen MR) is 62.8 cm³/mol. The van der Waals surface area contributed by atoms with Gasteiger partial charge in [0.25, 0.3) is 5.91 Å². The van der Waals surface area contributed by atoms with Crippen molar-refractivity contribution in [3.05, 3.63) is 28.8 Å². The summed E-state index contributed by atoms with van der Waals surface area (Å²) in [5.74, 6) is -1.96. The standard InChI is InChI=1S/C9H9ClN2O5S/c10-6-2-1-5(3-7(6)18(11,16)17)9(15)12-4-8(13)14/h1-3H,4H2,(H,12,15)(H,13,14)(H2,11,16,17). The van der Waals surface area contributed by atoms with Crippen molar-refractivity contribution >= 4 is 33.5 Å². The van der Waals surface area contributed by atoms with E-state index in [2.05, 4.69) is 5.32 Å². The number of halogens is 1. The molecule has 0 unspecified atom stereocenters. The van der Waals surface area contributed by atoms with Gasteiger partial charge in [-0.15, -0.1) is 0 Å². The molecule has 0 aromatic heterocycles. The number of hydrogen-bond acceptors (Lipinski definition) is 4. The minimum Gasteiger partial charge on any atom is -0.480 e. The first-order chi connectivity index (χ1) is 8.21. The molecule has 0 fully saturated rings. The predicted octanol–water partition coefficient (Wildman–Crippen LogP) is -0.198. The van der Waals surface area contributed by atoms with E-state index in [1.807, 2.05) is 0 Å². The van der Waals surface area contributed by atoms with Gasteiger partial charge in [-0.2, -0.15) is 0 Å². The molecule has 98 valence electrons. The van der Waals surface area contributed by atoms with Crippen LogP contribution in [-0.2, 0) is 14.8 Å². The van der Waals surface area contributed by atoms with Gasteiger partial charge in [0.2, 0.25) is 10.0 Å². The molecule has 0 saturated carbocycles. The van der Waals surface area contributed by atoms with Crippen LogP contribution in [0.1, 0.15) is 10.4 Å². The van der Waals surface area contributed by atoms with E-state index in [1.165, 1.54) is 12.1 Å². The van der Waals surface area contributed by atoms with Crippen LogP contribution in [-0.4, -0.2) is 31.9 Å². The lowest BCUT2D eigenvalue weighted by molar-refractivity contribution is -0.135. The molecule has 0 saturated heterocycles. The molecule has 4 N–H and O–H groups in total. The van der Waals surface area contributed by atoms with Crippen molar-refractivity contribution in [2.45, 2.75) is 4.90 Å². The van der Waals surface area contributed by atoms with Crippen LogP contribution in [0.2, 0.25) is 5.02 Å². The van der Waals surface area contributed by atoms with E-state index < -0.39 is 33.3 Å². The number of aliphatic carboxylic acids is 1. The first-order valence-electron chi connectivity index (χ1n) is 4.54. The third-order valence-corrected chi connectivity index (χ3v) is 3.29. The molecular formula is C9H9ClN2O5S. The molecule has 0 bridgehead atoms. The molecule has 1 rings (SSSR count). The summed E-state index contributed by atoms with van der Waals surface area (Å²) in [6, 6.07) is 3.43. The third kappa shape index (κ3) is 3.69. The number of carboxylic acid groups (broad SMARTS) is 1. The van der Waals surface area contributed by atoms with Gasteiger partial charge in [-0.3, -0.25) is 9.59 Å². The zero-order chi connectivity index (χ0) is 13.9. The molecule has 0 spiro atoms. The zero-order valence-electron chi connectivity index (χ0n) is 8.88. The van der Waals surface area contributed by atoms with Gasteiger partial charge in [0.15, 0.2) is 0 Å². The number of carbonyl (C=O) groups is 2. The van der Waals surface area contributed by atoms with E-state index in [9.17, 15) is 18.0 Å². The number of carbonyl (C=O) groups excluding carboxylic acids is 1. The molecule has 0 aliphatic rings. The number of nitrogens with two attached hydrogens (primary N) is 1. The van der Waals surface area contributed by atoms with E-state index in [0.717, 1.165) is 6.07 Å². The van der Waals surface area contributed by atoms with Gasteiger partial charge in [-0.05, 0) is 18.2 Å². The molecular weight excluding hydrogens is 284 g/mol. The lowest BCUT2D eigenvalue weighted by Gasteiger charge is -2.06. The van der Waals surface area contributed by atoms with Gasteiger partial charge < -0.3 is 10.4 Å². The minimum absolute atomic E-state index is 0.0512. The lowest BCUT2D eigenvalue weighted by atomic mass is 10.2. The van der Waals surface area contributed by atoms with Crippen LogP contribution in [0.25, 0.3) is 0 Å². The highest BCUT2D eigenvalue weighted by atomic mass is 35.5. The Morgan fingerprint density at radius 2 is 2.00 bits per heavy atom. The van der Waals surface area contributed by atoms with Crippen LogP contribution in [0.5, 0.6) is 0 Å². The number of carboxylic acids is 1. The SMILES string of the molecule is NS(=O)(=O)c1cc(C(=O)NCC(=O)O)ccc1Cl. The van der Waals surface area contributed by atoms with Gasteiger partial charge in [0.05, 0.1) is 5.02 Å². The first-order valence-corrected chi connectivity index (χ1v) is 6.46. The molecule has 1 amide bonds. The summed E-state index contributed by atoms with van der Waals surface area (Å²) in [5.41, 5.74) is -0.0512. The van der Waals surface area contributed by atoms with Gasteiger partial charge in [-0.25, -0.2) is 13.6 Å². The molecule has 1 aromatic rings. The second-order valence-corrected chi connectivity index (χ2v) is 5.20. The molecule has 0 aliphatic heterocycles. The molecule has 0 radical (unpaired) electrons. The monoisotopic (exact) mass is 292 g/mol. The van der Waals surface area contributed by atoms with Crippen molar-refractivity contribution in [3.8, 4) is 0 Å². The summed E-state index contributed by atoms with van der Waals surface area (Å²) in [5, 5.41) is 15.3. The van der Waals surface area contributed by atoms with Gasteiger partial charge in [0.1, 0.15) is 11.4 Å². The van der Waals surface area contributed by atoms with Crippen molar-refractivity contribution in [2.75, 3.05) is 6.54 Å². The Morgan fingerprint density at radius 1 is 1.39 bits per heavy atom. The number of amides is 1. The summed E-state index contributed by atoms with van der Waals surface area (Å²) in [6.45, 7) is -0.577. The second kappa shape index (κ2) is 5.34. The molecule has 18 heavy (non-hydrogen) atoms. The Labute approximate surface area is 108 Å². The van der Waals surface area contributed by atoms with Gasteiger partial charge in [0, 0.05) is 5.56 Å². The van der Waals surface area contributed by atoms with Crippen LogP contribution in [0, 0.1) is 0 Å². The number of hydrogen-bond donors (Lipinski definition) is 3. The maximum atomic E-state index is 11.5. The summed E-state index contributed by atoms with van der Waals surface area (Å²) in [6.07, 6.45) is 0. The van der Waals surface area contributed by atoms with E-state index >= 15 is 0 Å². The van der Waals surface area contributed by atoms with Gasteiger partial charge in [-0.1, -0.05) is 11.6 Å². The fraction of sp³-hybridized carbons (Fsp3) is 0.111. The van der Waals surface area contributed by atoms with Crippen molar-refractivity contribution in [1.29, 1.82) is 0 Å². The number of primary sulfonamides is 1. The van der Waals surface area contributed by atoms with Crippen LogP contribution in [0.3, 0.4) is 0 Å². The molecule has 0 heterocycles. The highest BCUT2D eigenvalue weighted by molar-refractivity contribution is 7.89.